The molecule has 2 N–H and O–H groups in total. The number of esters is 1. The summed E-state index contributed by atoms with van der Waals surface area (Å²) in [5.41, 5.74) is 9.26. The molecule has 0 amide bonds. The summed E-state index contributed by atoms with van der Waals surface area (Å²) >= 11 is 0. The summed E-state index contributed by atoms with van der Waals surface area (Å²) in [7, 11) is 1.36. The molecular weight excluding hydrogens is 232 g/mol. The first-order valence-electron chi connectivity index (χ1n) is 5.45. The molecule has 1 aromatic heterocycles. The number of carbonyl (C=O) groups excluding carboxylic acids is 1. The van der Waals surface area contributed by atoms with E-state index in [-0.39, 0.29) is 11.9 Å². The van der Waals surface area contributed by atoms with Gasteiger partial charge in [-0.25, -0.2) is 4.79 Å². The van der Waals surface area contributed by atoms with Crippen molar-refractivity contribution in [3.05, 3.63) is 34.9 Å². The van der Waals surface area contributed by atoms with Gasteiger partial charge < -0.3 is 15.0 Å². The summed E-state index contributed by atoms with van der Waals surface area (Å²) in [6.07, 6.45) is 0. The van der Waals surface area contributed by atoms with Crippen molar-refractivity contribution in [2.45, 2.75) is 13.8 Å². The number of nitrogen functional groups attached to an aromatic ring is 1. The van der Waals surface area contributed by atoms with Crippen LogP contribution in [0.15, 0.2) is 22.7 Å². The second-order valence-electron chi connectivity index (χ2n) is 4.07. The van der Waals surface area contributed by atoms with Crippen LogP contribution in [0.25, 0.3) is 11.3 Å². The minimum absolute atomic E-state index is 0.239. The summed E-state index contributed by atoms with van der Waals surface area (Å²) in [6, 6.07) is 5.27. The van der Waals surface area contributed by atoms with Gasteiger partial charge in [0.2, 0.25) is 5.88 Å². The lowest BCUT2D eigenvalue weighted by Crippen LogP contribution is -2.05. The second kappa shape index (κ2) is 4.52. The fraction of sp³-hybridized carbons (Fsp3) is 0.231. The van der Waals surface area contributed by atoms with Crippen molar-refractivity contribution in [1.82, 2.24) is 5.16 Å². The lowest BCUT2D eigenvalue weighted by molar-refractivity contribution is 0.0600. The van der Waals surface area contributed by atoms with Gasteiger partial charge in [0, 0.05) is 11.6 Å². The zero-order valence-corrected chi connectivity index (χ0v) is 10.5. The van der Waals surface area contributed by atoms with E-state index in [1.54, 1.807) is 12.1 Å². The number of anilines is 1. The Labute approximate surface area is 105 Å². The Morgan fingerprint density at radius 1 is 1.33 bits per heavy atom. The number of hydrogen-bond acceptors (Lipinski definition) is 5. The summed E-state index contributed by atoms with van der Waals surface area (Å²) in [5.74, 6) is -0.128. The fourth-order valence-corrected chi connectivity index (χ4v) is 1.75. The Hall–Kier alpha value is -2.30. The van der Waals surface area contributed by atoms with Crippen LogP contribution in [-0.2, 0) is 4.74 Å². The third-order valence-electron chi connectivity index (χ3n) is 2.90. The average molecular weight is 246 g/mol. The van der Waals surface area contributed by atoms with Crippen LogP contribution in [-0.4, -0.2) is 18.2 Å². The molecule has 0 fully saturated rings. The van der Waals surface area contributed by atoms with Crippen molar-refractivity contribution in [3.8, 4) is 11.3 Å². The van der Waals surface area contributed by atoms with Gasteiger partial charge in [-0.2, -0.15) is 0 Å². The lowest BCUT2D eigenvalue weighted by Gasteiger charge is -2.09. The molecule has 0 aliphatic rings. The third kappa shape index (κ3) is 2.07. The zero-order valence-electron chi connectivity index (χ0n) is 10.5. The maximum atomic E-state index is 11.7. The van der Waals surface area contributed by atoms with E-state index < -0.39 is 0 Å². The smallest absolute Gasteiger partial charge is 0.338 e. The molecule has 0 spiro atoms. The molecule has 5 heteroatoms. The highest BCUT2D eigenvalue weighted by Crippen LogP contribution is 2.26. The second-order valence-corrected chi connectivity index (χ2v) is 4.07. The Kier molecular flexibility index (Phi) is 3.06. The maximum absolute atomic E-state index is 11.7. The largest absolute Gasteiger partial charge is 0.465 e. The number of rotatable bonds is 2. The zero-order chi connectivity index (χ0) is 13.3. The minimum Gasteiger partial charge on any atom is -0.465 e. The molecule has 0 saturated heterocycles. The van der Waals surface area contributed by atoms with Crippen molar-refractivity contribution < 1.29 is 14.1 Å². The van der Waals surface area contributed by atoms with E-state index >= 15 is 0 Å². The molecule has 0 atom stereocenters. The molecule has 0 aliphatic carbocycles. The van der Waals surface area contributed by atoms with Crippen molar-refractivity contribution >= 4 is 11.9 Å². The van der Waals surface area contributed by atoms with Gasteiger partial charge >= 0.3 is 5.97 Å². The first kappa shape index (κ1) is 12.2. The highest BCUT2D eigenvalue weighted by molar-refractivity contribution is 5.93. The van der Waals surface area contributed by atoms with Gasteiger partial charge in [-0.3, -0.25) is 0 Å². The van der Waals surface area contributed by atoms with Crippen molar-refractivity contribution in [2.24, 2.45) is 0 Å². The van der Waals surface area contributed by atoms with Crippen LogP contribution in [0, 0.1) is 13.8 Å². The fourth-order valence-electron chi connectivity index (χ4n) is 1.75. The Balaban J connectivity index is 2.57. The highest BCUT2D eigenvalue weighted by Gasteiger charge is 2.14. The highest BCUT2D eigenvalue weighted by atomic mass is 16.5. The van der Waals surface area contributed by atoms with Crippen molar-refractivity contribution in [1.29, 1.82) is 0 Å². The number of aryl methyl sites for hydroxylation is 1. The number of methoxy groups -OCH3 is 1. The Morgan fingerprint density at radius 3 is 2.61 bits per heavy atom. The molecular formula is C13H14N2O3. The van der Waals surface area contributed by atoms with Crippen molar-refractivity contribution in [3.63, 3.8) is 0 Å². The van der Waals surface area contributed by atoms with E-state index in [1.807, 2.05) is 19.9 Å². The SMILES string of the molecule is COC(=O)c1cc(-c2cc(N)on2)cc(C)c1C. The molecule has 2 aromatic rings. The van der Waals surface area contributed by atoms with Crippen LogP contribution in [0.4, 0.5) is 5.88 Å². The molecule has 18 heavy (non-hydrogen) atoms. The molecule has 0 saturated carbocycles. The van der Waals surface area contributed by atoms with Gasteiger partial charge in [-0.15, -0.1) is 0 Å². The van der Waals surface area contributed by atoms with E-state index in [0.29, 0.717) is 11.3 Å². The number of benzene rings is 1. The number of ether oxygens (including phenoxy) is 1. The molecule has 0 radical (unpaired) electrons. The van der Waals surface area contributed by atoms with E-state index in [9.17, 15) is 4.79 Å². The molecule has 0 bridgehead atoms. The molecule has 0 unspecified atom stereocenters. The molecule has 1 aromatic carbocycles. The van der Waals surface area contributed by atoms with E-state index in [4.69, 9.17) is 15.0 Å². The molecule has 5 nitrogen and oxygen atoms in total. The molecule has 0 aliphatic heterocycles. The lowest BCUT2D eigenvalue weighted by atomic mass is 9.98. The van der Waals surface area contributed by atoms with Crippen LogP contribution >= 0.6 is 0 Å². The van der Waals surface area contributed by atoms with Gasteiger partial charge in [-0.05, 0) is 37.1 Å². The quantitative estimate of drug-likeness (QED) is 0.823. The number of nitrogens with two attached hydrogens (primary N) is 1. The average Bonchev–Trinajstić information content (AvgIpc) is 2.78. The monoisotopic (exact) mass is 246 g/mol. The molecule has 2 rings (SSSR count). The van der Waals surface area contributed by atoms with E-state index in [1.165, 1.54) is 7.11 Å². The third-order valence-corrected chi connectivity index (χ3v) is 2.90. The summed E-state index contributed by atoms with van der Waals surface area (Å²) in [5, 5.41) is 3.83. The topological polar surface area (TPSA) is 78.4 Å². The van der Waals surface area contributed by atoms with E-state index in [0.717, 1.165) is 16.7 Å². The van der Waals surface area contributed by atoms with Crippen LogP contribution in [0.1, 0.15) is 21.5 Å². The first-order valence-corrected chi connectivity index (χ1v) is 5.45. The van der Waals surface area contributed by atoms with Crippen LogP contribution in [0.2, 0.25) is 0 Å². The Bertz CT molecular complexity index is 602. The van der Waals surface area contributed by atoms with Gasteiger partial charge in [0.1, 0.15) is 5.69 Å². The van der Waals surface area contributed by atoms with Gasteiger partial charge in [0.15, 0.2) is 0 Å². The summed E-state index contributed by atoms with van der Waals surface area (Å²) < 4.78 is 9.59. The number of carbonyl (C=O) groups is 1. The summed E-state index contributed by atoms with van der Waals surface area (Å²) in [6.45, 7) is 3.80. The summed E-state index contributed by atoms with van der Waals surface area (Å²) in [4.78, 5) is 11.7. The number of nitrogens with zero attached hydrogens (tertiary/aromatic N) is 1. The maximum Gasteiger partial charge on any atom is 0.338 e. The predicted octanol–water partition coefficient (Wildman–Crippen LogP) is 2.33. The van der Waals surface area contributed by atoms with E-state index in [2.05, 4.69) is 5.16 Å². The molecule has 1 heterocycles. The standard InChI is InChI=1S/C13H14N2O3/c1-7-4-9(11-6-12(14)18-15-11)5-10(8(7)2)13(16)17-3/h4-6H,14H2,1-3H3. The number of hydrogen-bond donors (Lipinski definition) is 1. The van der Waals surface area contributed by atoms with Crippen molar-refractivity contribution in [2.75, 3.05) is 12.8 Å². The minimum atomic E-state index is -0.367. The molecule has 94 valence electrons. The van der Waals surface area contributed by atoms with Crippen LogP contribution in [0.3, 0.4) is 0 Å². The first-order chi connectivity index (χ1) is 8.52. The van der Waals surface area contributed by atoms with Gasteiger partial charge in [0.05, 0.1) is 12.7 Å². The number of aromatic nitrogens is 1. The Morgan fingerprint density at radius 2 is 2.06 bits per heavy atom. The normalized spacial score (nSPS) is 10.4. The van der Waals surface area contributed by atoms with Gasteiger partial charge in [-0.1, -0.05) is 5.16 Å². The predicted molar refractivity (Wildman–Crippen MR) is 67.2 cm³/mol. The van der Waals surface area contributed by atoms with Crippen LogP contribution < -0.4 is 5.73 Å². The van der Waals surface area contributed by atoms with Crippen LogP contribution in [0.5, 0.6) is 0 Å². The van der Waals surface area contributed by atoms with Gasteiger partial charge in [0.25, 0.3) is 0 Å².